The van der Waals surface area contributed by atoms with E-state index in [0.717, 1.165) is 19.4 Å². The van der Waals surface area contributed by atoms with Gasteiger partial charge >= 0.3 is 0 Å². The fourth-order valence-corrected chi connectivity index (χ4v) is 4.15. The first kappa shape index (κ1) is 13.0. The molecule has 4 heteroatoms. The summed E-state index contributed by atoms with van der Waals surface area (Å²) in [5.74, 6) is 1.71. The average Bonchev–Trinajstić information content (AvgIpc) is 2.47. The summed E-state index contributed by atoms with van der Waals surface area (Å²) in [6.45, 7) is 7.35. The Hall–Kier alpha value is -0.0900. The van der Waals surface area contributed by atoms with Crippen molar-refractivity contribution >= 4 is 9.84 Å². The molecule has 0 aromatic carbocycles. The summed E-state index contributed by atoms with van der Waals surface area (Å²) in [5, 5.41) is 3.41. The number of hydrogen-bond donors (Lipinski definition) is 1. The summed E-state index contributed by atoms with van der Waals surface area (Å²) in [7, 11) is -2.72. The predicted octanol–water partition coefficient (Wildman–Crippen LogP) is 1.45. The lowest BCUT2D eigenvalue weighted by atomic mass is 9.89. The molecule has 3 nitrogen and oxygen atoms in total. The van der Waals surface area contributed by atoms with Crippen molar-refractivity contribution in [1.82, 2.24) is 5.32 Å². The number of nitrogens with one attached hydrogen (secondary N) is 1. The molecule has 2 unspecified atom stereocenters. The first-order chi connectivity index (χ1) is 6.94. The van der Waals surface area contributed by atoms with Crippen LogP contribution >= 0.6 is 0 Å². The van der Waals surface area contributed by atoms with Crippen LogP contribution in [0.3, 0.4) is 0 Å². The van der Waals surface area contributed by atoms with Crippen molar-refractivity contribution in [2.24, 2.45) is 11.8 Å². The smallest absolute Gasteiger partial charge is 0.150 e. The zero-order valence-corrected chi connectivity index (χ0v) is 10.8. The van der Waals surface area contributed by atoms with E-state index >= 15 is 0 Å². The van der Waals surface area contributed by atoms with Crippen LogP contribution in [0.5, 0.6) is 0 Å². The van der Waals surface area contributed by atoms with E-state index in [9.17, 15) is 8.42 Å². The second-order valence-electron chi connectivity index (χ2n) is 4.89. The maximum Gasteiger partial charge on any atom is 0.150 e. The molecule has 1 aliphatic heterocycles. The van der Waals surface area contributed by atoms with Crippen molar-refractivity contribution in [3.8, 4) is 0 Å². The van der Waals surface area contributed by atoms with Gasteiger partial charge in [0, 0.05) is 6.04 Å². The molecule has 1 aliphatic rings. The molecule has 0 aromatic heterocycles. The molecule has 0 aromatic rings. The van der Waals surface area contributed by atoms with Gasteiger partial charge in [0.15, 0.2) is 9.84 Å². The number of rotatable bonds is 5. The lowest BCUT2D eigenvalue weighted by Crippen LogP contribution is -2.32. The first-order valence-corrected chi connectivity index (χ1v) is 7.70. The highest BCUT2D eigenvalue weighted by molar-refractivity contribution is 7.91. The van der Waals surface area contributed by atoms with Crippen LogP contribution in [-0.4, -0.2) is 32.5 Å². The molecular formula is C11H23NO2S. The Morgan fingerprint density at radius 2 is 2.07 bits per heavy atom. The average molecular weight is 233 g/mol. The third kappa shape index (κ3) is 4.11. The summed E-state index contributed by atoms with van der Waals surface area (Å²) in [6, 6.07) is 0.483. The maximum absolute atomic E-state index is 11.4. The molecule has 0 bridgehead atoms. The van der Waals surface area contributed by atoms with Gasteiger partial charge in [-0.2, -0.15) is 0 Å². The summed E-state index contributed by atoms with van der Waals surface area (Å²) >= 11 is 0. The standard InChI is InChI=1S/C11H23NO2S/c1-4-10(7-12-9(2)3)11-5-6-15(13,14)8-11/h9-12H,4-8H2,1-3H3. The van der Waals surface area contributed by atoms with E-state index in [2.05, 4.69) is 26.1 Å². The second kappa shape index (κ2) is 5.30. The molecule has 15 heavy (non-hydrogen) atoms. The van der Waals surface area contributed by atoms with Crippen LogP contribution in [0.25, 0.3) is 0 Å². The summed E-state index contributed by atoms with van der Waals surface area (Å²) in [4.78, 5) is 0. The van der Waals surface area contributed by atoms with Gasteiger partial charge in [0.1, 0.15) is 0 Å². The molecule has 0 amide bonds. The van der Waals surface area contributed by atoms with Gasteiger partial charge in [0.05, 0.1) is 11.5 Å². The second-order valence-corrected chi connectivity index (χ2v) is 7.12. The molecule has 90 valence electrons. The van der Waals surface area contributed by atoms with Crippen molar-refractivity contribution < 1.29 is 8.42 Å². The van der Waals surface area contributed by atoms with Gasteiger partial charge in [-0.15, -0.1) is 0 Å². The molecule has 1 N–H and O–H groups in total. The highest BCUT2D eigenvalue weighted by Gasteiger charge is 2.32. The number of sulfone groups is 1. The quantitative estimate of drug-likeness (QED) is 0.781. The molecule has 1 heterocycles. The Balaban J connectivity index is 2.46. The van der Waals surface area contributed by atoms with Gasteiger partial charge in [-0.05, 0) is 24.8 Å². The van der Waals surface area contributed by atoms with Crippen LogP contribution in [0, 0.1) is 11.8 Å². The van der Waals surface area contributed by atoms with Crippen LogP contribution in [0.1, 0.15) is 33.6 Å². The van der Waals surface area contributed by atoms with Crippen molar-refractivity contribution in [2.45, 2.75) is 39.7 Å². The van der Waals surface area contributed by atoms with E-state index < -0.39 is 9.84 Å². The fraction of sp³-hybridized carbons (Fsp3) is 1.00. The highest BCUT2D eigenvalue weighted by atomic mass is 32.2. The Morgan fingerprint density at radius 1 is 1.40 bits per heavy atom. The van der Waals surface area contributed by atoms with E-state index in [1.54, 1.807) is 0 Å². The van der Waals surface area contributed by atoms with E-state index in [0.29, 0.717) is 29.4 Å². The van der Waals surface area contributed by atoms with Gasteiger partial charge in [0.25, 0.3) is 0 Å². The summed E-state index contributed by atoms with van der Waals surface area (Å²) in [5.41, 5.74) is 0. The van der Waals surface area contributed by atoms with Crippen LogP contribution in [0.4, 0.5) is 0 Å². The van der Waals surface area contributed by atoms with E-state index in [1.165, 1.54) is 0 Å². The predicted molar refractivity (Wildman–Crippen MR) is 63.7 cm³/mol. The number of hydrogen-bond acceptors (Lipinski definition) is 3. The minimum Gasteiger partial charge on any atom is -0.314 e. The maximum atomic E-state index is 11.4. The molecule has 1 saturated heterocycles. The molecule has 1 rings (SSSR count). The van der Waals surface area contributed by atoms with Crippen molar-refractivity contribution in [3.63, 3.8) is 0 Å². The van der Waals surface area contributed by atoms with Crippen molar-refractivity contribution in [2.75, 3.05) is 18.1 Å². The van der Waals surface area contributed by atoms with Crippen LogP contribution in [0.2, 0.25) is 0 Å². The minimum absolute atomic E-state index is 0.381. The Bertz CT molecular complexity index is 285. The SMILES string of the molecule is CCC(CNC(C)C)C1CCS(=O)(=O)C1. The normalized spacial score (nSPS) is 27.1. The van der Waals surface area contributed by atoms with Crippen LogP contribution < -0.4 is 5.32 Å². The van der Waals surface area contributed by atoms with Crippen molar-refractivity contribution in [3.05, 3.63) is 0 Å². The van der Waals surface area contributed by atoms with Crippen LogP contribution in [-0.2, 0) is 9.84 Å². The topological polar surface area (TPSA) is 46.2 Å². The lowest BCUT2D eigenvalue weighted by Gasteiger charge is -2.22. The fourth-order valence-electron chi connectivity index (χ4n) is 2.23. The first-order valence-electron chi connectivity index (χ1n) is 5.88. The minimum atomic E-state index is -2.72. The molecule has 2 atom stereocenters. The van der Waals surface area contributed by atoms with E-state index in [4.69, 9.17) is 0 Å². The van der Waals surface area contributed by atoms with Crippen LogP contribution in [0.15, 0.2) is 0 Å². The summed E-state index contributed by atoms with van der Waals surface area (Å²) in [6.07, 6.45) is 1.93. The molecule has 0 aliphatic carbocycles. The lowest BCUT2D eigenvalue weighted by molar-refractivity contribution is 0.326. The van der Waals surface area contributed by atoms with Crippen molar-refractivity contribution in [1.29, 1.82) is 0 Å². The van der Waals surface area contributed by atoms with Gasteiger partial charge in [-0.1, -0.05) is 27.2 Å². The third-order valence-corrected chi connectivity index (χ3v) is 5.04. The highest BCUT2D eigenvalue weighted by Crippen LogP contribution is 2.27. The molecule has 1 fully saturated rings. The molecule has 0 saturated carbocycles. The van der Waals surface area contributed by atoms with E-state index in [-0.39, 0.29) is 0 Å². The van der Waals surface area contributed by atoms with E-state index in [1.807, 2.05) is 0 Å². The van der Waals surface area contributed by atoms with Gasteiger partial charge < -0.3 is 5.32 Å². The zero-order valence-electron chi connectivity index (χ0n) is 9.99. The largest absolute Gasteiger partial charge is 0.314 e. The Morgan fingerprint density at radius 3 is 2.47 bits per heavy atom. The van der Waals surface area contributed by atoms with Gasteiger partial charge in [-0.25, -0.2) is 8.42 Å². The monoisotopic (exact) mass is 233 g/mol. The summed E-state index contributed by atoms with van der Waals surface area (Å²) < 4.78 is 22.8. The Labute approximate surface area is 93.6 Å². The molecule has 0 radical (unpaired) electrons. The third-order valence-electron chi connectivity index (χ3n) is 3.25. The molecular weight excluding hydrogens is 210 g/mol. The zero-order chi connectivity index (χ0) is 11.5. The van der Waals surface area contributed by atoms with Gasteiger partial charge in [-0.3, -0.25) is 0 Å². The van der Waals surface area contributed by atoms with Gasteiger partial charge in [0.2, 0.25) is 0 Å². The molecule has 0 spiro atoms. The Kier molecular flexibility index (Phi) is 4.59.